The first kappa shape index (κ1) is 24.5. The molecule has 1 aliphatic rings. The summed E-state index contributed by atoms with van der Waals surface area (Å²) in [6, 6.07) is 50.0. The molecule has 9 aromatic rings. The fourth-order valence-corrected chi connectivity index (χ4v) is 9.66. The molecule has 0 bridgehead atoms. The molecule has 1 aliphatic carbocycles. The van der Waals surface area contributed by atoms with E-state index in [1.807, 2.05) is 11.3 Å². The first-order chi connectivity index (χ1) is 21.6. The summed E-state index contributed by atoms with van der Waals surface area (Å²) in [5.41, 5.74) is 10.8. The average molecular weight is 577 g/mol. The van der Waals surface area contributed by atoms with E-state index < -0.39 is 0 Å². The van der Waals surface area contributed by atoms with Crippen molar-refractivity contribution in [1.29, 1.82) is 0 Å². The van der Waals surface area contributed by atoms with E-state index in [9.17, 15) is 0 Å². The van der Waals surface area contributed by atoms with Crippen molar-refractivity contribution in [3.63, 3.8) is 0 Å². The van der Waals surface area contributed by atoms with Crippen molar-refractivity contribution in [3.05, 3.63) is 145 Å². The molecule has 0 atom stereocenters. The fraction of sp³-hybridized carbons (Fsp3) is 0.0698. The van der Waals surface area contributed by atoms with E-state index >= 15 is 0 Å². The van der Waals surface area contributed by atoms with Crippen molar-refractivity contribution in [2.45, 2.75) is 19.3 Å². The predicted molar refractivity (Wildman–Crippen MR) is 191 cm³/mol. The molecule has 1 heterocycles. The third kappa shape index (κ3) is 3.07. The highest BCUT2D eigenvalue weighted by Crippen LogP contribution is 2.57. The minimum atomic E-state index is -0.0879. The van der Waals surface area contributed by atoms with Gasteiger partial charge >= 0.3 is 0 Å². The minimum absolute atomic E-state index is 0.0879. The molecule has 1 aromatic heterocycles. The van der Waals surface area contributed by atoms with Gasteiger partial charge in [0.25, 0.3) is 0 Å². The van der Waals surface area contributed by atoms with E-state index in [2.05, 4.69) is 147 Å². The molecule has 0 amide bonds. The molecule has 0 radical (unpaired) electrons. The fourth-order valence-electron chi connectivity index (χ4n) is 8.25. The van der Waals surface area contributed by atoms with Crippen LogP contribution in [-0.4, -0.2) is 0 Å². The van der Waals surface area contributed by atoms with Crippen LogP contribution in [0.3, 0.4) is 0 Å². The molecular weight excluding hydrogens is 549 g/mol. The molecule has 1 heteroatoms. The van der Waals surface area contributed by atoms with Crippen molar-refractivity contribution in [2.24, 2.45) is 0 Å². The summed E-state index contributed by atoms with van der Waals surface area (Å²) in [6.45, 7) is 4.83. The number of hydrogen-bond acceptors (Lipinski definition) is 1. The lowest BCUT2D eigenvalue weighted by Gasteiger charge is -2.22. The zero-order valence-corrected chi connectivity index (χ0v) is 25.4. The summed E-state index contributed by atoms with van der Waals surface area (Å²) in [5, 5.41) is 10.7. The van der Waals surface area contributed by atoms with Crippen molar-refractivity contribution in [1.82, 2.24) is 0 Å². The second-order valence-electron chi connectivity index (χ2n) is 12.8. The Kier molecular flexibility index (Phi) is 4.76. The van der Waals surface area contributed by atoms with Crippen LogP contribution in [0.15, 0.2) is 133 Å². The Hall–Kier alpha value is -4.98. The van der Waals surface area contributed by atoms with Gasteiger partial charge in [-0.3, -0.25) is 0 Å². The quantitative estimate of drug-likeness (QED) is 0.180. The summed E-state index contributed by atoms with van der Waals surface area (Å²) in [5.74, 6) is 0. The monoisotopic (exact) mass is 576 g/mol. The Bertz CT molecular complexity index is 2620. The zero-order chi connectivity index (χ0) is 29.2. The molecule has 0 aliphatic heterocycles. The van der Waals surface area contributed by atoms with Crippen LogP contribution in [0.5, 0.6) is 0 Å². The molecular formula is C43H28S. The average Bonchev–Trinajstić information content (AvgIpc) is 3.56. The molecule has 206 valence electrons. The highest BCUT2D eigenvalue weighted by molar-refractivity contribution is 7.26. The van der Waals surface area contributed by atoms with E-state index in [1.165, 1.54) is 97.0 Å². The Morgan fingerprint density at radius 3 is 1.89 bits per heavy atom. The number of rotatable bonds is 2. The highest BCUT2D eigenvalue weighted by Gasteiger charge is 2.39. The van der Waals surface area contributed by atoms with Crippen molar-refractivity contribution < 1.29 is 0 Å². The van der Waals surface area contributed by atoms with Crippen molar-refractivity contribution >= 4 is 63.8 Å². The Morgan fingerprint density at radius 1 is 0.455 bits per heavy atom. The van der Waals surface area contributed by atoms with Gasteiger partial charge in [-0.1, -0.05) is 141 Å². The molecule has 0 saturated carbocycles. The third-order valence-corrected chi connectivity index (χ3v) is 11.4. The highest BCUT2D eigenvalue weighted by atomic mass is 32.1. The van der Waals surface area contributed by atoms with Crippen LogP contribution in [0.4, 0.5) is 0 Å². The second kappa shape index (κ2) is 8.56. The molecule has 0 unspecified atom stereocenters. The topological polar surface area (TPSA) is 0 Å². The molecule has 0 nitrogen and oxygen atoms in total. The van der Waals surface area contributed by atoms with Gasteiger partial charge in [0.2, 0.25) is 0 Å². The largest absolute Gasteiger partial charge is 0.135 e. The van der Waals surface area contributed by atoms with E-state index in [1.54, 1.807) is 0 Å². The first-order valence-corrected chi connectivity index (χ1v) is 16.3. The Morgan fingerprint density at radius 2 is 1.09 bits per heavy atom. The lowest BCUT2D eigenvalue weighted by molar-refractivity contribution is 0.667. The molecule has 0 N–H and O–H groups in total. The Balaban J connectivity index is 1.28. The Labute approximate surface area is 260 Å². The lowest BCUT2D eigenvalue weighted by Crippen LogP contribution is -2.15. The van der Waals surface area contributed by atoms with Gasteiger partial charge in [0.15, 0.2) is 0 Å². The van der Waals surface area contributed by atoms with E-state index in [4.69, 9.17) is 0 Å². The normalized spacial score (nSPS) is 13.9. The number of fused-ring (bicyclic) bond motifs is 7. The summed E-state index contributed by atoms with van der Waals surface area (Å²) in [4.78, 5) is 0. The zero-order valence-electron chi connectivity index (χ0n) is 24.6. The van der Waals surface area contributed by atoms with Crippen LogP contribution >= 0.6 is 11.3 Å². The number of benzene rings is 8. The van der Waals surface area contributed by atoms with Gasteiger partial charge in [0.05, 0.1) is 0 Å². The van der Waals surface area contributed by atoms with Gasteiger partial charge in [-0.05, 0) is 82.9 Å². The minimum Gasteiger partial charge on any atom is -0.135 e. The smallest absolute Gasteiger partial charge is 0.0402 e. The summed E-state index contributed by atoms with van der Waals surface area (Å²) < 4.78 is 2.80. The maximum atomic E-state index is 2.42. The van der Waals surface area contributed by atoms with Gasteiger partial charge in [-0.15, -0.1) is 11.3 Å². The van der Waals surface area contributed by atoms with E-state index in [0.717, 1.165) is 0 Å². The summed E-state index contributed by atoms with van der Waals surface area (Å²) in [7, 11) is 0. The first-order valence-electron chi connectivity index (χ1n) is 15.4. The number of thiophene rings is 1. The van der Waals surface area contributed by atoms with Gasteiger partial charge in [0.1, 0.15) is 0 Å². The van der Waals surface area contributed by atoms with Crippen molar-refractivity contribution in [2.75, 3.05) is 0 Å². The van der Waals surface area contributed by atoms with E-state index in [0.29, 0.717) is 0 Å². The van der Waals surface area contributed by atoms with Crippen LogP contribution in [-0.2, 0) is 5.41 Å². The summed E-state index contributed by atoms with van der Waals surface area (Å²) in [6.07, 6.45) is 0. The van der Waals surface area contributed by atoms with Gasteiger partial charge in [-0.2, -0.15) is 0 Å². The standard InChI is InChI=1S/C43H28S/c1-43(2)36-13-8-12-31(40(36)35-24-23-34-30-11-6-7-14-37(30)44-42(34)41(35)43)29-20-16-27-17-21-32-28(25-9-4-3-5-10-25)19-15-26-18-22-33(29)39(27)38(26)32/h3-24H,1-2H3. The number of hydrogen-bond donors (Lipinski definition) is 0. The van der Waals surface area contributed by atoms with E-state index in [-0.39, 0.29) is 5.41 Å². The molecule has 0 saturated heterocycles. The molecule has 10 rings (SSSR count). The van der Waals surface area contributed by atoms with Gasteiger partial charge in [0, 0.05) is 25.6 Å². The van der Waals surface area contributed by atoms with Crippen LogP contribution in [0.1, 0.15) is 25.0 Å². The van der Waals surface area contributed by atoms with Crippen molar-refractivity contribution in [3.8, 4) is 33.4 Å². The molecule has 0 fully saturated rings. The molecule has 44 heavy (non-hydrogen) atoms. The maximum absolute atomic E-state index is 2.42. The lowest BCUT2D eigenvalue weighted by atomic mass is 9.81. The molecule has 8 aromatic carbocycles. The van der Waals surface area contributed by atoms with Crippen LogP contribution in [0, 0.1) is 0 Å². The van der Waals surface area contributed by atoms with Gasteiger partial charge < -0.3 is 0 Å². The van der Waals surface area contributed by atoms with Crippen LogP contribution < -0.4 is 0 Å². The maximum Gasteiger partial charge on any atom is 0.0402 e. The summed E-state index contributed by atoms with van der Waals surface area (Å²) >= 11 is 1.95. The predicted octanol–water partition coefficient (Wildman–Crippen LogP) is 12.6. The SMILES string of the molecule is CC1(C)c2cccc(-c3ccc4ccc5c(-c6ccccc6)ccc6ccc3c4c65)c2-c2ccc3c(sc4ccccc43)c21. The third-order valence-electron chi connectivity index (χ3n) is 10.2. The second-order valence-corrected chi connectivity index (χ2v) is 13.9. The molecule has 0 spiro atoms. The van der Waals surface area contributed by atoms with Crippen LogP contribution in [0.2, 0.25) is 0 Å². The van der Waals surface area contributed by atoms with Crippen LogP contribution in [0.25, 0.3) is 85.9 Å². The van der Waals surface area contributed by atoms with Gasteiger partial charge in [-0.25, -0.2) is 0 Å².